The van der Waals surface area contributed by atoms with E-state index in [1.165, 1.54) is 6.42 Å². The Labute approximate surface area is 183 Å². The van der Waals surface area contributed by atoms with Crippen LogP contribution in [0.3, 0.4) is 0 Å². The van der Waals surface area contributed by atoms with E-state index in [9.17, 15) is 14.4 Å². The Kier molecular flexibility index (Phi) is 7.82. The molecule has 1 aliphatic carbocycles. The fourth-order valence-electron chi connectivity index (χ4n) is 3.92. The first-order valence-corrected chi connectivity index (χ1v) is 10.9. The number of esters is 1. The van der Waals surface area contributed by atoms with Crippen molar-refractivity contribution in [3.63, 3.8) is 0 Å². The van der Waals surface area contributed by atoms with E-state index in [-0.39, 0.29) is 24.4 Å². The summed E-state index contributed by atoms with van der Waals surface area (Å²) in [5, 5.41) is 2.56. The third kappa shape index (κ3) is 6.17. The van der Waals surface area contributed by atoms with Gasteiger partial charge in [0.2, 0.25) is 0 Å². The van der Waals surface area contributed by atoms with Crippen LogP contribution in [0.5, 0.6) is 0 Å². The summed E-state index contributed by atoms with van der Waals surface area (Å²) in [6.45, 7) is 1.29. The van der Waals surface area contributed by atoms with Crippen molar-refractivity contribution in [2.45, 2.75) is 51.2 Å². The average molecular weight is 423 g/mol. The van der Waals surface area contributed by atoms with Gasteiger partial charge in [0.05, 0.1) is 0 Å². The number of nitrogens with zero attached hydrogens (tertiary/aromatic N) is 1. The number of carbonyl (C=O) groups is 3. The minimum Gasteiger partial charge on any atom is -0.451 e. The van der Waals surface area contributed by atoms with Crippen LogP contribution in [0.25, 0.3) is 11.1 Å². The minimum atomic E-state index is -0.874. The Morgan fingerprint density at radius 3 is 2.23 bits per heavy atom. The molecular formula is C25H30N2O4. The molecule has 0 heterocycles. The summed E-state index contributed by atoms with van der Waals surface area (Å²) in [5.41, 5.74) is 2.52. The molecule has 1 N–H and O–H groups in total. The fraction of sp³-hybridized carbons (Fsp3) is 0.400. The zero-order chi connectivity index (χ0) is 22.2. The molecule has 0 spiro atoms. The van der Waals surface area contributed by atoms with Gasteiger partial charge in [-0.05, 0) is 43.0 Å². The molecule has 1 fully saturated rings. The molecule has 6 heteroatoms. The van der Waals surface area contributed by atoms with Crippen LogP contribution in [0, 0.1) is 0 Å². The molecule has 0 aromatic heterocycles. The highest BCUT2D eigenvalue weighted by molar-refractivity contribution is 5.96. The minimum absolute atomic E-state index is 0.205. The van der Waals surface area contributed by atoms with E-state index in [1.54, 1.807) is 31.0 Å². The van der Waals surface area contributed by atoms with Crippen molar-refractivity contribution >= 4 is 17.8 Å². The summed E-state index contributed by atoms with van der Waals surface area (Å²) in [5.74, 6) is -1.20. The molecule has 1 aliphatic rings. The Bertz CT molecular complexity index is 889. The van der Waals surface area contributed by atoms with Crippen LogP contribution in [0.2, 0.25) is 0 Å². The average Bonchev–Trinajstić information content (AvgIpc) is 2.82. The van der Waals surface area contributed by atoms with Gasteiger partial charge in [-0.3, -0.25) is 14.4 Å². The first-order chi connectivity index (χ1) is 15.0. The van der Waals surface area contributed by atoms with Gasteiger partial charge in [0, 0.05) is 18.7 Å². The van der Waals surface area contributed by atoms with Crippen molar-refractivity contribution in [1.29, 1.82) is 0 Å². The Hall–Kier alpha value is -3.15. The molecule has 1 atom stereocenters. The highest BCUT2D eigenvalue weighted by Gasteiger charge is 2.27. The lowest BCUT2D eigenvalue weighted by atomic mass is 9.94. The van der Waals surface area contributed by atoms with Gasteiger partial charge in [-0.25, -0.2) is 0 Å². The smallest absolute Gasteiger partial charge is 0.326 e. The normalized spacial score (nSPS) is 15.0. The van der Waals surface area contributed by atoms with Gasteiger partial charge in [-0.2, -0.15) is 0 Å². The summed E-state index contributed by atoms with van der Waals surface area (Å²) < 4.78 is 5.24. The van der Waals surface area contributed by atoms with Crippen LogP contribution < -0.4 is 5.32 Å². The standard InChI is InChI=1S/C25H30N2O4/c1-18(25(30)27(2)22-11-7-4-8-12-22)31-23(28)17-26-24(29)21-15-13-20(14-16-21)19-9-5-3-6-10-19/h3,5-6,9-10,13-16,18,22H,4,7-8,11-12,17H2,1-2H3,(H,26,29)/t18-/m0/s1. The van der Waals surface area contributed by atoms with Crippen molar-refractivity contribution in [2.75, 3.05) is 13.6 Å². The van der Waals surface area contributed by atoms with Crippen LogP contribution >= 0.6 is 0 Å². The van der Waals surface area contributed by atoms with E-state index in [4.69, 9.17) is 4.74 Å². The molecule has 0 saturated heterocycles. The van der Waals surface area contributed by atoms with Crippen LogP contribution in [0.15, 0.2) is 54.6 Å². The molecule has 0 aliphatic heterocycles. The summed E-state index contributed by atoms with van der Waals surface area (Å²) in [6, 6.07) is 17.2. The lowest BCUT2D eigenvalue weighted by Crippen LogP contribution is -2.45. The predicted molar refractivity (Wildman–Crippen MR) is 119 cm³/mol. The molecule has 3 rings (SSSR count). The van der Waals surface area contributed by atoms with Crippen LogP contribution in [0.1, 0.15) is 49.4 Å². The Morgan fingerprint density at radius 2 is 1.58 bits per heavy atom. The van der Waals surface area contributed by atoms with Gasteiger partial charge >= 0.3 is 5.97 Å². The van der Waals surface area contributed by atoms with E-state index in [1.807, 2.05) is 42.5 Å². The number of likely N-dealkylation sites (N-methyl/N-ethyl adjacent to an activating group) is 1. The SMILES string of the molecule is C[C@H](OC(=O)CNC(=O)c1ccc(-c2ccccc2)cc1)C(=O)N(C)C1CCCCC1. The van der Waals surface area contributed by atoms with Crippen LogP contribution in [0.4, 0.5) is 0 Å². The lowest BCUT2D eigenvalue weighted by Gasteiger charge is -2.32. The molecule has 0 unspecified atom stereocenters. The number of hydrogen-bond acceptors (Lipinski definition) is 4. The van der Waals surface area contributed by atoms with Crippen molar-refractivity contribution in [3.8, 4) is 11.1 Å². The number of benzene rings is 2. The quantitative estimate of drug-likeness (QED) is 0.689. The highest BCUT2D eigenvalue weighted by atomic mass is 16.5. The van der Waals surface area contributed by atoms with Crippen LogP contribution in [-0.4, -0.2) is 48.4 Å². The largest absolute Gasteiger partial charge is 0.451 e. The third-order valence-corrected chi connectivity index (χ3v) is 5.77. The number of hydrogen-bond donors (Lipinski definition) is 1. The molecule has 1 saturated carbocycles. The summed E-state index contributed by atoms with van der Waals surface area (Å²) >= 11 is 0. The molecule has 0 bridgehead atoms. The maximum atomic E-state index is 12.5. The molecule has 164 valence electrons. The second-order valence-corrected chi connectivity index (χ2v) is 8.00. The zero-order valence-electron chi connectivity index (χ0n) is 18.2. The number of rotatable bonds is 7. The van der Waals surface area contributed by atoms with Crippen LogP contribution in [-0.2, 0) is 14.3 Å². The van der Waals surface area contributed by atoms with Gasteiger partial charge in [-0.15, -0.1) is 0 Å². The van der Waals surface area contributed by atoms with E-state index < -0.39 is 12.1 Å². The first kappa shape index (κ1) is 22.5. The van der Waals surface area contributed by atoms with Crippen molar-refractivity contribution in [1.82, 2.24) is 10.2 Å². The second kappa shape index (κ2) is 10.8. The van der Waals surface area contributed by atoms with E-state index >= 15 is 0 Å². The van der Waals surface area contributed by atoms with E-state index in [0.717, 1.165) is 36.8 Å². The molecule has 2 amide bonds. The highest BCUT2D eigenvalue weighted by Crippen LogP contribution is 2.22. The first-order valence-electron chi connectivity index (χ1n) is 10.9. The molecule has 2 aromatic carbocycles. The summed E-state index contributed by atoms with van der Waals surface area (Å²) in [7, 11) is 1.77. The van der Waals surface area contributed by atoms with E-state index in [2.05, 4.69) is 5.32 Å². The molecule has 0 radical (unpaired) electrons. The van der Waals surface area contributed by atoms with Crippen molar-refractivity contribution in [3.05, 3.63) is 60.2 Å². The zero-order valence-corrected chi connectivity index (χ0v) is 18.2. The number of carbonyl (C=O) groups excluding carboxylic acids is 3. The van der Waals surface area contributed by atoms with Crippen molar-refractivity contribution < 1.29 is 19.1 Å². The molecule has 6 nitrogen and oxygen atoms in total. The fourth-order valence-corrected chi connectivity index (χ4v) is 3.92. The molecule has 31 heavy (non-hydrogen) atoms. The number of ether oxygens (including phenoxy) is 1. The second-order valence-electron chi connectivity index (χ2n) is 8.00. The van der Waals surface area contributed by atoms with Crippen molar-refractivity contribution in [2.24, 2.45) is 0 Å². The van der Waals surface area contributed by atoms with Gasteiger partial charge in [0.1, 0.15) is 6.54 Å². The summed E-state index contributed by atoms with van der Waals surface area (Å²) in [6.07, 6.45) is 4.55. The topological polar surface area (TPSA) is 75.7 Å². The lowest BCUT2D eigenvalue weighted by molar-refractivity contribution is -0.158. The van der Waals surface area contributed by atoms with Gasteiger partial charge in [0.15, 0.2) is 6.10 Å². The maximum Gasteiger partial charge on any atom is 0.326 e. The van der Waals surface area contributed by atoms with Gasteiger partial charge < -0.3 is 15.0 Å². The Balaban J connectivity index is 1.46. The summed E-state index contributed by atoms with van der Waals surface area (Å²) in [4.78, 5) is 38.7. The number of amides is 2. The van der Waals surface area contributed by atoms with Gasteiger partial charge in [-0.1, -0.05) is 61.7 Å². The molecular weight excluding hydrogens is 392 g/mol. The number of nitrogens with one attached hydrogen (secondary N) is 1. The van der Waals surface area contributed by atoms with E-state index in [0.29, 0.717) is 5.56 Å². The third-order valence-electron chi connectivity index (χ3n) is 5.77. The monoisotopic (exact) mass is 422 g/mol. The predicted octanol–water partition coefficient (Wildman–Crippen LogP) is 3.81. The molecule has 2 aromatic rings. The maximum absolute atomic E-state index is 12.5. The van der Waals surface area contributed by atoms with Gasteiger partial charge in [0.25, 0.3) is 11.8 Å². The Morgan fingerprint density at radius 1 is 0.968 bits per heavy atom.